The summed E-state index contributed by atoms with van der Waals surface area (Å²) >= 11 is 1.73. The van der Waals surface area contributed by atoms with Crippen LogP contribution in [0.5, 0.6) is 0 Å². The molecule has 6 heteroatoms. The van der Waals surface area contributed by atoms with Crippen LogP contribution in [0.3, 0.4) is 0 Å². The van der Waals surface area contributed by atoms with Gasteiger partial charge in [0.1, 0.15) is 11.1 Å². The maximum absolute atomic E-state index is 12.2. The normalized spacial score (nSPS) is 18.7. The molecule has 0 aromatic heterocycles. The molecular weight excluding hydrogens is 266 g/mol. The number of ether oxygens (including phenoxy) is 1. The van der Waals surface area contributed by atoms with Crippen molar-refractivity contribution in [2.75, 3.05) is 18.1 Å². The molecule has 0 atom stereocenters. The van der Waals surface area contributed by atoms with Gasteiger partial charge in [-0.1, -0.05) is 0 Å². The largest absolute Gasteiger partial charge is 0.479 e. The van der Waals surface area contributed by atoms with Gasteiger partial charge in [0.2, 0.25) is 0 Å². The van der Waals surface area contributed by atoms with E-state index in [0.29, 0.717) is 19.4 Å². The maximum atomic E-state index is 12.2. The molecule has 1 aliphatic rings. The third kappa shape index (κ3) is 3.78. The molecule has 19 heavy (non-hydrogen) atoms. The summed E-state index contributed by atoms with van der Waals surface area (Å²) in [6, 6.07) is 0. The Labute approximate surface area is 118 Å². The van der Waals surface area contributed by atoms with Crippen LogP contribution in [0.25, 0.3) is 0 Å². The molecule has 0 spiro atoms. The quantitative estimate of drug-likeness (QED) is 0.865. The maximum Gasteiger partial charge on any atom is 0.411 e. The van der Waals surface area contributed by atoms with Gasteiger partial charge in [-0.15, -0.1) is 0 Å². The average molecular weight is 289 g/mol. The van der Waals surface area contributed by atoms with Crippen molar-refractivity contribution in [2.45, 2.75) is 51.7 Å². The first kappa shape index (κ1) is 16.1. The van der Waals surface area contributed by atoms with Gasteiger partial charge in [0.25, 0.3) is 0 Å². The standard InChI is InChI=1S/C13H23NO4S/c1-5-14(11(17)18-12(2,3)4)13(10(15)16)6-8-19-9-7-13/h5-9H2,1-4H3,(H,15,16). The molecule has 1 rings (SSSR count). The molecule has 0 aromatic carbocycles. The molecule has 0 aliphatic carbocycles. The number of aliphatic carboxylic acids is 1. The molecule has 1 N–H and O–H groups in total. The number of amides is 1. The number of hydrogen-bond donors (Lipinski definition) is 1. The molecule has 5 nitrogen and oxygen atoms in total. The topological polar surface area (TPSA) is 66.8 Å². The summed E-state index contributed by atoms with van der Waals surface area (Å²) in [4.78, 5) is 25.3. The Morgan fingerprint density at radius 3 is 2.21 bits per heavy atom. The van der Waals surface area contributed by atoms with Crippen LogP contribution in [0, 0.1) is 0 Å². The molecule has 1 heterocycles. The van der Waals surface area contributed by atoms with Crippen molar-refractivity contribution in [3.05, 3.63) is 0 Å². The van der Waals surface area contributed by atoms with Gasteiger partial charge in [-0.05, 0) is 52.0 Å². The molecule has 0 unspecified atom stereocenters. The number of carboxylic acid groups (broad SMARTS) is 1. The number of rotatable bonds is 3. The SMILES string of the molecule is CCN(C(=O)OC(C)(C)C)C1(C(=O)O)CCSCC1. The van der Waals surface area contributed by atoms with Crippen LogP contribution in [-0.2, 0) is 9.53 Å². The second-order valence-electron chi connectivity index (χ2n) is 5.67. The molecule has 0 radical (unpaired) electrons. The molecular formula is C13H23NO4S. The summed E-state index contributed by atoms with van der Waals surface area (Å²) in [5, 5.41) is 9.58. The van der Waals surface area contributed by atoms with Crippen molar-refractivity contribution in [1.29, 1.82) is 0 Å². The summed E-state index contributed by atoms with van der Waals surface area (Å²) in [6.07, 6.45) is 0.407. The second-order valence-corrected chi connectivity index (χ2v) is 6.90. The van der Waals surface area contributed by atoms with Crippen LogP contribution in [0.4, 0.5) is 4.79 Å². The number of hydrogen-bond acceptors (Lipinski definition) is 4. The third-order valence-corrected chi connectivity index (χ3v) is 4.15. The van der Waals surface area contributed by atoms with E-state index >= 15 is 0 Å². The highest BCUT2D eigenvalue weighted by Gasteiger charge is 2.48. The number of thioether (sulfide) groups is 1. The molecule has 1 aliphatic heterocycles. The minimum atomic E-state index is -1.11. The van der Waals surface area contributed by atoms with Gasteiger partial charge in [0.05, 0.1) is 0 Å². The smallest absolute Gasteiger partial charge is 0.411 e. The summed E-state index contributed by atoms with van der Waals surface area (Å²) < 4.78 is 5.34. The average Bonchev–Trinajstić information content (AvgIpc) is 2.28. The number of nitrogens with zero attached hydrogens (tertiary/aromatic N) is 1. The zero-order valence-electron chi connectivity index (χ0n) is 12.1. The van der Waals surface area contributed by atoms with Gasteiger partial charge < -0.3 is 9.84 Å². The van der Waals surface area contributed by atoms with Crippen LogP contribution in [0.2, 0.25) is 0 Å². The van der Waals surface area contributed by atoms with E-state index in [4.69, 9.17) is 4.74 Å². The molecule has 110 valence electrons. The van der Waals surface area contributed by atoms with E-state index in [9.17, 15) is 14.7 Å². The van der Waals surface area contributed by atoms with E-state index in [1.165, 1.54) is 4.90 Å². The first-order valence-electron chi connectivity index (χ1n) is 6.55. The lowest BCUT2D eigenvalue weighted by atomic mass is 9.90. The van der Waals surface area contributed by atoms with Crippen molar-refractivity contribution >= 4 is 23.8 Å². The zero-order valence-corrected chi connectivity index (χ0v) is 12.9. The Hall–Kier alpha value is -0.910. The monoisotopic (exact) mass is 289 g/mol. The van der Waals surface area contributed by atoms with Gasteiger partial charge in [0, 0.05) is 6.54 Å². The highest BCUT2D eigenvalue weighted by atomic mass is 32.2. The van der Waals surface area contributed by atoms with E-state index in [-0.39, 0.29) is 0 Å². The van der Waals surface area contributed by atoms with Crippen molar-refractivity contribution in [3.8, 4) is 0 Å². The van der Waals surface area contributed by atoms with Gasteiger partial charge in [-0.3, -0.25) is 4.90 Å². The Balaban J connectivity index is 2.97. The first-order chi connectivity index (χ1) is 8.73. The minimum Gasteiger partial charge on any atom is -0.479 e. The predicted octanol–water partition coefficient (Wildman–Crippen LogP) is 2.59. The van der Waals surface area contributed by atoms with Crippen LogP contribution in [0.15, 0.2) is 0 Å². The van der Waals surface area contributed by atoms with Crippen LogP contribution < -0.4 is 0 Å². The van der Waals surface area contributed by atoms with Crippen LogP contribution in [-0.4, -0.2) is 51.3 Å². The van der Waals surface area contributed by atoms with E-state index in [0.717, 1.165) is 11.5 Å². The lowest BCUT2D eigenvalue weighted by Crippen LogP contribution is -2.59. The Bertz CT molecular complexity index is 345. The molecule has 0 bridgehead atoms. The predicted molar refractivity (Wildman–Crippen MR) is 75.5 cm³/mol. The Morgan fingerprint density at radius 1 is 1.32 bits per heavy atom. The van der Waals surface area contributed by atoms with Crippen molar-refractivity contribution in [1.82, 2.24) is 4.90 Å². The van der Waals surface area contributed by atoms with Crippen molar-refractivity contribution in [2.24, 2.45) is 0 Å². The molecule has 0 aromatic rings. The fourth-order valence-corrected chi connectivity index (χ4v) is 3.40. The van der Waals surface area contributed by atoms with Gasteiger partial charge >= 0.3 is 12.1 Å². The van der Waals surface area contributed by atoms with Crippen LogP contribution >= 0.6 is 11.8 Å². The van der Waals surface area contributed by atoms with Crippen molar-refractivity contribution < 1.29 is 19.4 Å². The summed E-state index contributed by atoms with van der Waals surface area (Å²) in [5.41, 5.74) is -1.73. The van der Waals surface area contributed by atoms with E-state index < -0.39 is 23.2 Å². The number of carboxylic acids is 1. The minimum absolute atomic E-state index is 0.339. The molecule has 1 fully saturated rings. The highest BCUT2D eigenvalue weighted by molar-refractivity contribution is 7.99. The third-order valence-electron chi connectivity index (χ3n) is 3.16. The second kappa shape index (κ2) is 6.03. The fourth-order valence-electron chi connectivity index (χ4n) is 2.23. The van der Waals surface area contributed by atoms with Crippen LogP contribution in [0.1, 0.15) is 40.5 Å². The lowest BCUT2D eigenvalue weighted by Gasteiger charge is -2.42. The summed E-state index contributed by atoms with van der Waals surface area (Å²) in [5.74, 6) is 0.581. The molecule has 0 saturated carbocycles. The van der Waals surface area contributed by atoms with E-state index in [1.54, 1.807) is 39.5 Å². The fraction of sp³-hybridized carbons (Fsp3) is 0.846. The lowest BCUT2D eigenvalue weighted by molar-refractivity contribution is -0.151. The summed E-state index contributed by atoms with van der Waals surface area (Å²) in [7, 11) is 0. The number of carbonyl (C=O) groups excluding carboxylic acids is 1. The number of carbonyl (C=O) groups is 2. The Kier molecular flexibility index (Phi) is 5.12. The van der Waals surface area contributed by atoms with E-state index in [2.05, 4.69) is 0 Å². The summed E-state index contributed by atoms with van der Waals surface area (Å²) in [6.45, 7) is 7.47. The van der Waals surface area contributed by atoms with Crippen molar-refractivity contribution in [3.63, 3.8) is 0 Å². The number of likely N-dealkylation sites (N-methyl/N-ethyl adjacent to an activating group) is 1. The Morgan fingerprint density at radius 2 is 1.84 bits per heavy atom. The first-order valence-corrected chi connectivity index (χ1v) is 7.70. The van der Waals surface area contributed by atoms with Gasteiger partial charge in [-0.2, -0.15) is 11.8 Å². The molecule has 1 saturated heterocycles. The zero-order chi connectivity index (χ0) is 14.7. The van der Waals surface area contributed by atoms with E-state index in [1.807, 2.05) is 0 Å². The molecule has 1 amide bonds. The van der Waals surface area contributed by atoms with Gasteiger partial charge in [0.15, 0.2) is 0 Å². The highest BCUT2D eigenvalue weighted by Crippen LogP contribution is 2.34. The van der Waals surface area contributed by atoms with Gasteiger partial charge in [-0.25, -0.2) is 9.59 Å².